The SMILES string of the molecule is O=c1ccn(C2O[C@H](COP3(=O)OCc4cc([N+](=O)[O-])ccc4O3)[C@@H](O)[C@]2(F)Cl)c(=O)[nH]1. The Morgan fingerprint density at radius 2 is 2.19 bits per heavy atom. The molecule has 1 fully saturated rings. The van der Waals surface area contributed by atoms with E-state index in [2.05, 4.69) is 0 Å². The minimum absolute atomic E-state index is 0.0212. The van der Waals surface area contributed by atoms with Gasteiger partial charge in [0.1, 0.15) is 18.0 Å². The third-order valence-electron chi connectivity index (χ3n) is 4.72. The molecular formula is C16H14ClFN3O10P. The summed E-state index contributed by atoms with van der Waals surface area (Å²) < 4.78 is 48.9. The first-order valence-corrected chi connectivity index (χ1v) is 10.7. The molecule has 1 aromatic carbocycles. The van der Waals surface area contributed by atoms with Crippen LogP contribution in [0.15, 0.2) is 40.1 Å². The largest absolute Gasteiger partial charge is 0.530 e. The molecule has 32 heavy (non-hydrogen) atoms. The number of alkyl halides is 2. The average molecular weight is 494 g/mol. The molecule has 5 atom stereocenters. The number of benzene rings is 1. The Morgan fingerprint density at radius 3 is 2.88 bits per heavy atom. The molecule has 0 spiro atoms. The van der Waals surface area contributed by atoms with E-state index in [1.54, 1.807) is 0 Å². The smallest absolute Gasteiger partial charge is 0.404 e. The van der Waals surface area contributed by atoms with Crippen molar-refractivity contribution < 1.29 is 37.3 Å². The number of aliphatic hydroxyl groups is 1. The van der Waals surface area contributed by atoms with Gasteiger partial charge in [-0.3, -0.25) is 33.5 Å². The highest BCUT2D eigenvalue weighted by molar-refractivity contribution is 7.49. The maximum Gasteiger partial charge on any atom is 0.530 e. The van der Waals surface area contributed by atoms with E-state index in [0.29, 0.717) is 4.57 Å². The van der Waals surface area contributed by atoms with Crippen LogP contribution in [-0.2, 0) is 25.0 Å². The van der Waals surface area contributed by atoms with Crippen LogP contribution in [0.4, 0.5) is 10.1 Å². The van der Waals surface area contributed by atoms with Crippen molar-refractivity contribution >= 4 is 25.1 Å². The van der Waals surface area contributed by atoms with Crippen molar-refractivity contribution in [1.29, 1.82) is 0 Å². The predicted octanol–water partition coefficient (Wildman–Crippen LogP) is 1.34. The second-order valence-corrected chi connectivity index (χ2v) is 8.99. The number of phosphoric ester groups is 1. The number of nitrogens with one attached hydrogen (secondary N) is 1. The molecule has 0 bridgehead atoms. The third kappa shape index (κ3) is 4.08. The van der Waals surface area contributed by atoms with Gasteiger partial charge in [-0.2, -0.15) is 0 Å². The lowest BCUT2D eigenvalue weighted by Gasteiger charge is -2.26. The van der Waals surface area contributed by atoms with E-state index in [1.807, 2.05) is 4.98 Å². The van der Waals surface area contributed by atoms with Gasteiger partial charge in [0.15, 0.2) is 6.23 Å². The number of nitrogens with zero attached hydrogens (tertiary/aromatic N) is 2. The number of nitro groups is 1. The van der Waals surface area contributed by atoms with Gasteiger partial charge >= 0.3 is 13.5 Å². The fraction of sp³-hybridized carbons (Fsp3) is 0.375. The van der Waals surface area contributed by atoms with Gasteiger partial charge in [-0.1, -0.05) is 11.6 Å². The van der Waals surface area contributed by atoms with Gasteiger partial charge in [0.2, 0.25) is 0 Å². The number of non-ortho nitro benzene ring substituents is 1. The minimum Gasteiger partial charge on any atom is -0.404 e. The molecule has 1 saturated heterocycles. The Labute approximate surface area is 182 Å². The van der Waals surface area contributed by atoms with Crippen molar-refractivity contribution in [2.24, 2.45) is 0 Å². The number of H-pyrrole nitrogens is 1. The molecule has 2 aliphatic heterocycles. The molecule has 0 amide bonds. The number of aromatic amines is 1. The summed E-state index contributed by atoms with van der Waals surface area (Å²) in [5, 5.41) is 18.1. The molecule has 2 aromatic rings. The van der Waals surface area contributed by atoms with Crippen LogP contribution in [0.25, 0.3) is 0 Å². The molecule has 172 valence electrons. The zero-order valence-electron chi connectivity index (χ0n) is 15.8. The highest BCUT2D eigenvalue weighted by atomic mass is 35.5. The molecule has 2 aliphatic rings. The Hall–Kier alpha value is -2.61. The third-order valence-corrected chi connectivity index (χ3v) is 6.46. The Bertz CT molecular complexity index is 1230. The van der Waals surface area contributed by atoms with Crippen LogP contribution >= 0.6 is 19.4 Å². The highest BCUT2D eigenvalue weighted by Gasteiger charge is 2.58. The summed E-state index contributed by atoms with van der Waals surface area (Å²) in [4.78, 5) is 35.3. The lowest BCUT2D eigenvalue weighted by atomic mass is 10.1. The molecule has 0 radical (unpaired) electrons. The molecule has 2 unspecified atom stereocenters. The van der Waals surface area contributed by atoms with E-state index in [1.165, 1.54) is 12.1 Å². The van der Waals surface area contributed by atoms with Crippen molar-refractivity contribution in [3.05, 3.63) is 67.0 Å². The van der Waals surface area contributed by atoms with Gasteiger partial charge in [0, 0.05) is 30.0 Å². The summed E-state index contributed by atoms with van der Waals surface area (Å²) in [6.45, 7) is -1.05. The van der Waals surface area contributed by atoms with Crippen LogP contribution in [0.1, 0.15) is 11.8 Å². The lowest BCUT2D eigenvalue weighted by molar-refractivity contribution is -0.385. The fourth-order valence-electron chi connectivity index (χ4n) is 3.12. The standard InChI is InChI=1S/C16H14ClFN3O10P/c17-16(18)13(23)11(30-14(16)20-4-3-12(22)19-15(20)24)7-29-32(27)28-6-8-5-9(21(25)26)1-2-10(8)31-32/h1-5,11,13-14,23H,6-7H2,(H,19,22,24)/t11-,13-,14?,16-,32?/m1/s1. The number of aromatic nitrogens is 2. The molecule has 2 N–H and O–H groups in total. The number of halogens is 2. The van der Waals surface area contributed by atoms with E-state index < -0.39 is 54.2 Å². The second-order valence-electron chi connectivity index (χ2n) is 6.82. The molecule has 1 aromatic heterocycles. The first-order chi connectivity index (χ1) is 15.0. The summed E-state index contributed by atoms with van der Waals surface area (Å²) in [6.07, 6.45) is -4.44. The van der Waals surface area contributed by atoms with E-state index >= 15 is 0 Å². The molecule has 0 saturated carbocycles. The molecule has 16 heteroatoms. The number of hydrogen-bond donors (Lipinski definition) is 2. The number of rotatable bonds is 5. The first-order valence-electron chi connectivity index (χ1n) is 8.89. The summed E-state index contributed by atoms with van der Waals surface area (Å²) in [7, 11) is -4.26. The van der Waals surface area contributed by atoms with E-state index in [-0.39, 0.29) is 23.6 Å². The quantitative estimate of drug-likeness (QED) is 0.268. The van der Waals surface area contributed by atoms with Gasteiger partial charge in [0.05, 0.1) is 18.1 Å². The number of nitro benzene ring substituents is 1. The van der Waals surface area contributed by atoms with Crippen molar-refractivity contribution in [2.75, 3.05) is 6.61 Å². The highest BCUT2D eigenvalue weighted by Crippen LogP contribution is 2.55. The zero-order valence-corrected chi connectivity index (χ0v) is 17.4. The number of fused-ring (bicyclic) bond motifs is 1. The van der Waals surface area contributed by atoms with Crippen molar-refractivity contribution in [2.45, 2.75) is 30.2 Å². The van der Waals surface area contributed by atoms with Crippen LogP contribution < -0.4 is 15.8 Å². The van der Waals surface area contributed by atoms with E-state index in [9.17, 15) is 33.8 Å². The van der Waals surface area contributed by atoms with E-state index in [4.69, 9.17) is 29.9 Å². The summed E-state index contributed by atoms with van der Waals surface area (Å²) in [5.74, 6) is 0.0212. The van der Waals surface area contributed by atoms with Gasteiger partial charge in [-0.25, -0.2) is 13.8 Å². The average Bonchev–Trinajstić information content (AvgIpc) is 2.95. The van der Waals surface area contributed by atoms with Crippen LogP contribution in [-0.4, -0.2) is 43.5 Å². The zero-order chi connectivity index (χ0) is 23.3. The van der Waals surface area contributed by atoms with Gasteiger partial charge in [-0.15, -0.1) is 0 Å². The first kappa shape index (κ1) is 22.6. The molecule has 13 nitrogen and oxygen atoms in total. The van der Waals surface area contributed by atoms with Crippen molar-refractivity contribution in [3.63, 3.8) is 0 Å². The van der Waals surface area contributed by atoms with Crippen LogP contribution in [0.2, 0.25) is 0 Å². The second kappa shape index (κ2) is 8.06. The minimum atomic E-state index is -4.26. The van der Waals surface area contributed by atoms with Crippen LogP contribution in [0.5, 0.6) is 5.75 Å². The molecule has 4 rings (SSSR count). The summed E-state index contributed by atoms with van der Waals surface area (Å²) in [5.41, 5.74) is -1.73. The maximum absolute atomic E-state index is 14.9. The van der Waals surface area contributed by atoms with Gasteiger partial charge in [0.25, 0.3) is 16.4 Å². The van der Waals surface area contributed by atoms with Crippen molar-refractivity contribution in [1.82, 2.24) is 9.55 Å². The van der Waals surface area contributed by atoms with Crippen molar-refractivity contribution in [3.8, 4) is 5.75 Å². The lowest BCUT2D eigenvalue weighted by Crippen LogP contribution is -2.42. The number of phosphoric acid groups is 1. The predicted molar refractivity (Wildman–Crippen MR) is 103 cm³/mol. The monoisotopic (exact) mass is 493 g/mol. The number of aliphatic hydroxyl groups excluding tert-OH is 1. The summed E-state index contributed by atoms with van der Waals surface area (Å²) in [6, 6.07) is 4.46. The Kier molecular flexibility index (Phi) is 5.69. The topological polar surface area (TPSA) is 172 Å². The number of hydrogen-bond acceptors (Lipinski definition) is 10. The van der Waals surface area contributed by atoms with E-state index in [0.717, 1.165) is 18.3 Å². The van der Waals surface area contributed by atoms with Crippen LogP contribution in [0, 0.1) is 10.1 Å². The molecular weight excluding hydrogens is 480 g/mol. The molecule has 0 aliphatic carbocycles. The molecule has 3 heterocycles. The maximum atomic E-state index is 14.9. The number of ether oxygens (including phenoxy) is 1. The van der Waals surface area contributed by atoms with Crippen LogP contribution in [0.3, 0.4) is 0 Å². The summed E-state index contributed by atoms with van der Waals surface area (Å²) >= 11 is 5.75. The van der Waals surface area contributed by atoms with Gasteiger partial charge in [-0.05, 0) is 6.07 Å². The normalized spacial score (nSPS) is 31.7. The Balaban J connectivity index is 1.48. The van der Waals surface area contributed by atoms with Gasteiger partial charge < -0.3 is 14.4 Å². The Morgan fingerprint density at radius 1 is 1.44 bits per heavy atom. The fourth-order valence-corrected chi connectivity index (χ4v) is 4.65.